The molecule has 0 unspecified atom stereocenters. The smallest absolute Gasteiger partial charge is 0.234 e. The van der Waals surface area contributed by atoms with Crippen LogP contribution in [0.2, 0.25) is 5.02 Å². The zero-order chi connectivity index (χ0) is 16.1. The molecule has 1 N–H and O–H groups in total. The van der Waals surface area contributed by atoms with Crippen LogP contribution in [0, 0.1) is 0 Å². The van der Waals surface area contributed by atoms with E-state index in [9.17, 15) is 4.79 Å². The zero-order valence-corrected chi connectivity index (χ0v) is 14.1. The summed E-state index contributed by atoms with van der Waals surface area (Å²) in [5.41, 5.74) is 0. The van der Waals surface area contributed by atoms with E-state index in [4.69, 9.17) is 11.6 Å². The molecule has 0 bridgehead atoms. The molecule has 1 aliphatic carbocycles. The lowest BCUT2D eigenvalue weighted by Crippen LogP contribution is -2.51. The van der Waals surface area contributed by atoms with Crippen LogP contribution >= 0.6 is 11.6 Å². The van der Waals surface area contributed by atoms with E-state index in [1.165, 1.54) is 25.6 Å². The molecule has 126 valence electrons. The summed E-state index contributed by atoms with van der Waals surface area (Å²) >= 11 is 6.14. The van der Waals surface area contributed by atoms with Crippen LogP contribution in [0.4, 0.5) is 5.82 Å². The molecule has 0 radical (unpaired) electrons. The van der Waals surface area contributed by atoms with Gasteiger partial charge in [0.05, 0.1) is 12.7 Å². The van der Waals surface area contributed by atoms with E-state index in [-0.39, 0.29) is 5.91 Å². The van der Waals surface area contributed by atoms with Gasteiger partial charge in [0, 0.05) is 32.2 Å². The van der Waals surface area contributed by atoms with Gasteiger partial charge in [-0.2, -0.15) is 0 Å². The summed E-state index contributed by atoms with van der Waals surface area (Å²) < 4.78 is 0. The van der Waals surface area contributed by atoms with Gasteiger partial charge < -0.3 is 10.2 Å². The van der Waals surface area contributed by atoms with Crippen LogP contribution in [0.3, 0.4) is 0 Å². The highest BCUT2D eigenvalue weighted by atomic mass is 35.5. The zero-order valence-electron chi connectivity index (χ0n) is 13.4. The Kier molecular flexibility index (Phi) is 5.67. The van der Waals surface area contributed by atoms with Crippen LogP contribution in [0.25, 0.3) is 0 Å². The molecule has 2 fully saturated rings. The number of nitrogens with one attached hydrogen (secondary N) is 1. The number of piperazine rings is 1. The van der Waals surface area contributed by atoms with Crippen molar-refractivity contribution >= 4 is 23.3 Å². The number of anilines is 1. The maximum absolute atomic E-state index is 12.2. The van der Waals surface area contributed by atoms with E-state index >= 15 is 0 Å². The third kappa shape index (κ3) is 4.54. The van der Waals surface area contributed by atoms with E-state index in [1.54, 1.807) is 6.20 Å². The summed E-state index contributed by atoms with van der Waals surface area (Å²) in [5.74, 6) is 0.943. The Balaban J connectivity index is 1.44. The standard InChI is InChI=1S/C16H24ClN5O/c17-14-10-18-12-19-16(14)22-8-6-21(7-9-22)11-15(23)20-13-4-2-1-3-5-13/h10,12-13H,1-9,11H2,(H,20,23). The number of hydrogen-bond donors (Lipinski definition) is 1. The summed E-state index contributed by atoms with van der Waals surface area (Å²) in [7, 11) is 0. The SMILES string of the molecule is O=C(CN1CCN(c2ncncc2Cl)CC1)NC1CCCCC1. The minimum atomic E-state index is 0.158. The third-order valence-corrected chi connectivity index (χ3v) is 4.92. The molecule has 2 aliphatic rings. The number of amides is 1. The highest BCUT2D eigenvalue weighted by molar-refractivity contribution is 6.32. The molecule has 0 aromatic carbocycles. The van der Waals surface area contributed by atoms with E-state index in [2.05, 4.69) is 25.1 Å². The molecule has 7 heteroatoms. The minimum Gasteiger partial charge on any atom is -0.353 e. The van der Waals surface area contributed by atoms with Crippen LogP contribution in [-0.2, 0) is 4.79 Å². The van der Waals surface area contributed by atoms with Crippen LogP contribution in [-0.4, -0.2) is 59.5 Å². The van der Waals surface area contributed by atoms with Gasteiger partial charge in [0.15, 0.2) is 5.82 Å². The van der Waals surface area contributed by atoms with Crippen LogP contribution in [0.15, 0.2) is 12.5 Å². The molecule has 2 heterocycles. The molecule has 3 rings (SSSR count). The largest absolute Gasteiger partial charge is 0.353 e. The van der Waals surface area contributed by atoms with Crippen molar-refractivity contribution in [2.45, 2.75) is 38.1 Å². The Morgan fingerprint density at radius 3 is 2.65 bits per heavy atom. The lowest BCUT2D eigenvalue weighted by molar-refractivity contribution is -0.123. The third-order valence-electron chi connectivity index (χ3n) is 4.66. The van der Waals surface area contributed by atoms with Crippen molar-refractivity contribution in [2.24, 2.45) is 0 Å². The predicted molar refractivity (Wildman–Crippen MR) is 90.7 cm³/mol. The molecule has 1 aliphatic heterocycles. The number of nitrogens with zero attached hydrogens (tertiary/aromatic N) is 4. The van der Waals surface area contributed by atoms with E-state index < -0.39 is 0 Å². The van der Waals surface area contributed by atoms with Crippen LogP contribution < -0.4 is 10.2 Å². The first-order valence-electron chi connectivity index (χ1n) is 8.44. The lowest BCUT2D eigenvalue weighted by atomic mass is 9.95. The lowest BCUT2D eigenvalue weighted by Gasteiger charge is -2.35. The van der Waals surface area contributed by atoms with E-state index in [1.807, 2.05) is 0 Å². The van der Waals surface area contributed by atoms with Gasteiger partial charge in [-0.05, 0) is 12.8 Å². The summed E-state index contributed by atoms with van der Waals surface area (Å²) in [5, 5.41) is 3.76. The van der Waals surface area contributed by atoms with Crippen molar-refractivity contribution < 1.29 is 4.79 Å². The minimum absolute atomic E-state index is 0.158. The molecule has 0 spiro atoms. The predicted octanol–water partition coefficient (Wildman–Crippen LogP) is 1.70. The average Bonchev–Trinajstić information content (AvgIpc) is 2.57. The number of hydrogen-bond acceptors (Lipinski definition) is 5. The Morgan fingerprint density at radius 2 is 1.96 bits per heavy atom. The van der Waals surface area contributed by atoms with Crippen molar-refractivity contribution in [3.8, 4) is 0 Å². The maximum atomic E-state index is 12.2. The van der Waals surface area contributed by atoms with Gasteiger partial charge in [-0.3, -0.25) is 9.69 Å². The second kappa shape index (κ2) is 7.93. The maximum Gasteiger partial charge on any atom is 0.234 e. The van der Waals surface area contributed by atoms with E-state index in [0.29, 0.717) is 17.6 Å². The fourth-order valence-corrected chi connectivity index (χ4v) is 3.60. The molecule has 1 amide bonds. The Labute approximate surface area is 142 Å². The molecular weight excluding hydrogens is 314 g/mol. The van der Waals surface area contributed by atoms with Crippen molar-refractivity contribution in [3.63, 3.8) is 0 Å². The fraction of sp³-hybridized carbons (Fsp3) is 0.688. The van der Waals surface area contributed by atoms with Gasteiger partial charge in [-0.1, -0.05) is 30.9 Å². The molecule has 1 aromatic rings. The molecule has 0 atom stereocenters. The van der Waals surface area contributed by atoms with Gasteiger partial charge in [0.1, 0.15) is 11.3 Å². The Morgan fingerprint density at radius 1 is 1.22 bits per heavy atom. The van der Waals surface area contributed by atoms with Crippen molar-refractivity contribution in [1.29, 1.82) is 0 Å². The normalized spacial score (nSPS) is 20.5. The average molecular weight is 338 g/mol. The van der Waals surface area contributed by atoms with Gasteiger partial charge in [-0.15, -0.1) is 0 Å². The second-order valence-electron chi connectivity index (χ2n) is 6.36. The van der Waals surface area contributed by atoms with Gasteiger partial charge in [0.25, 0.3) is 0 Å². The number of carbonyl (C=O) groups is 1. The van der Waals surface area contributed by atoms with E-state index in [0.717, 1.165) is 44.8 Å². The number of rotatable bonds is 4. The molecule has 1 saturated carbocycles. The van der Waals surface area contributed by atoms with Gasteiger partial charge in [-0.25, -0.2) is 9.97 Å². The van der Waals surface area contributed by atoms with Gasteiger partial charge in [0.2, 0.25) is 5.91 Å². The first-order chi connectivity index (χ1) is 11.2. The second-order valence-corrected chi connectivity index (χ2v) is 6.77. The molecular formula is C16H24ClN5O. The molecule has 23 heavy (non-hydrogen) atoms. The van der Waals surface area contributed by atoms with Crippen LogP contribution in [0.5, 0.6) is 0 Å². The number of halogens is 1. The molecule has 6 nitrogen and oxygen atoms in total. The highest BCUT2D eigenvalue weighted by Gasteiger charge is 2.22. The van der Waals surface area contributed by atoms with Crippen molar-refractivity contribution in [1.82, 2.24) is 20.2 Å². The fourth-order valence-electron chi connectivity index (χ4n) is 3.38. The first kappa shape index (κ1) is 16.5. The highest BCUT2D eigenvalue weighted by Crippen LogP contribution is 2.22. The van der Waals surface area contributed by atoms with Crippen molar-refractivity contribution in [3.05, 3.63) is 17.5 Å². The number of carbonyl (C=O) groups excluding carboxylic acids is 1. The topological polar surface area (TPSA) is 61.4 Å². The van der Waals surface area contributed by atoms with Crippen LogP contribution in [0.1, 0.15) is 32.1 Å². The van der Waals surface area contributed by atoms with Gasteiger partial charge >= 0.3 is 0 Å². The number of aromatic nitrogens is 2. The quantitative estimate of drug-likeness (QED) is 0.906. The summed E-state index contributed by atoms with van der Waals surface area (Å²) in [4.78, 5) is 24.7. The molecule has 1 aromatic heterocycles. The Hall–Kier alpha value is -1.40. The Bertz CT molecular complexity index is 527. The monoisotopic (exact) mass is 337 g/mol. The molecule has 1 saturated heterocycles. The van der Waals surface area contributed by atoms with Crippen molar-refractivity contribution in [2.75, 3.05) is 37.6 Å². The first-order valence-corrected chi connectivity index (χ1v) is 8.82. The summed E-state index contributed by atoms with van der Waals surface area (Å²) in [6.07, 6.45) is 9.18. The summed E-state index contributed by atoms with van der Waals surface area (Å²) in [6, 6.07) is 0.386. The summed E-state index contributed by atoms with van der Waals surface area (Å²) in [6.45, 7) is 3.83.